The summed E-state index contributed by atoms with van der Waals surface area (Å²) in [5.41, 5.74) is 9.41. The molecule has 0 bridgehead atoms. The van der Waals surface area contributed by atoms with Crippen LogP contribution in [0.15, 0.2) is 36.4 Å². The summed E-state index contributed by atoms with van der Waals surface area (Å²) in [6.45, 7) is 0. The topological polar surface area (TPSA) is 55.1 Å². The van der Waals surface area contributed by atoms with Gasteiger partial charge in [-0.15, -0.1) is 12.4 Å². The zero-order chi connectivity index (χ0) is 16.6. The highest BCUT2D eigenvalue weighted by Crippen LogP contribution is 2.43. The van der Waals surface area contributed by atoms with Crippen LogP contribution in [0.2, 0.25) is 10.0 Å². The van der Waals surface area contributed by atoms with Gasteiger partial charge in [0.1, 0.15) is 0 Å². The molecule has 0 heterocycles. The molecular formula is C18H19Cl3N2O. The van der Waals surface area contributed by atoms with Crippen LogP contribution in [-0.2, 0) is 0 Å². The maximum atomic E-state index is 11.8. The smallest absolute Gasteiger partial charge is 0.249 e. The Labute approximate surface area is 157 Å². The second-order valence-electron chi connectivity index (χ2n) is 5.82. The van der Waals surface area contributed by atoms with E-state index in [9.17, 15) is 4.79 Å². The minimum Gasteiger partial charge on any atom is -0.366 e. The maximum Gasteiger partial charge on any atom is 0.249 e. The molecule has 0 spiro atoms. The Kier molecular flexibility index (Phi) is 6.16. The van der Waals surface area contributed by atoms with E-state index in [2.05, 4.69) is 11.4 Å². The molecule has 0 saturated heterocycles. The molecule has 1 aliphatic rings. The summed E-state index contributed by atoms with van der Waals surface area (Å²) < 4.78 is 0. The predicted molar refractivity (Wildman–Crippen MR) is 102 cm³/mol. The average Bonchev–Trinajstić information content (AvgIpc) is 2.55. The van der Waals surface area contributed by atoms with E-state index < -0.39 is 5.91 Å². The van der Waals surface area contributed by atoms with E-state index in [-0.39, 0.29) is 24.4 Å². The third-order valence-corrected chi connectivity index (χ3v) is 5.31. The van der Waals surface area contributed by atoms with Gasteiger partial charge in [0.05, 0.1) is 10.0 Å². The Morgan fingerprint density at radius 3 is 2.54 bits per heavy atom. The van der Waals surface area contributed by atoms with Crippen molar-refractivity contribution in [2.45, 2.75) is 24.8 Å². The average molecular weight is 386 g/mol. The van der Waals surface area contributed by atoms with Crippen LogP contribution in [0.5, 0.6) is 0 Å². The fourth-order valence-corrected chi connectivity index (χ4v) is 3.79. The van der Waals surface area contributed by atoms with Crippen LogP contribution in [0, 0.1) is 0 Å². The van der Waals surface area contributed by atoms with Crippen molar-refractivity contribution >= 4 is 41.5 Å². The fraction of sp³-hybridized carbons (Fsp3) is 0.278. The van der Waals surface area contributed by atoms with E-state index >= 15 is 0 Å². The van der Waals surface area contributed by atoms with E-state index in [1.807, 2.05) is 31.3 Å². The Morgan fingerprint density at radius 1 is 1.17 bits per heavy atom. The Bertz CT molecular complexity index is 764. The van der Waals surface area contributed by atoms with Gasteiger partial charge in [-0.25, -0.2) is 0 Å². The molecular weight excluding hydrogens is 367 g/mol. The first kappa shape index (κ1) is 19.1. The minimum absolute atomic E-state index is 0. The van der Waals surface area contributed by atoms with Gasteiger partial charge in [-0.3, -0.25) is 4.79 Å². The first-order valence-electron chi connectivity index (χ1n) is 7.57. The number of nitrogens with two attached hydrogens (primary N) is 1. The quantitative estimate of drug-likeness (QED) is 0.804. The van der Waals surface area contributed by atoms with E-state index in [1.165, 1.54) is 0 Å². The van der Waals surface area contributed by atoms with E-state index in [0.717, 1.165) is 29.5 Å². The lowest BCUT2D eigenvalue weighted by molar-refractivity contribution is 0.0998. The summed E-state index contributed by atoms with van der Waals surface area (Å²) in [4.78, 5) is 11.8. The molecule has 2 aromatic carbocycles. The summed E-state index contributed by atoms with van der Waals surface area (Å²) in [5.74, 6) is -0.208. The maximum absolute atomic E-state index is 11.8. The lowest BCUT2D eigenvalue weighted by atomic mass is 9.75. The standard InChI is InChI=1S/C18H18Cl2N2O.ClH/c1-22-16-8-6-11(10-5-7-14(19)15(20)9-10)12-3-2-4-13(17(12)16)18(21)23;/h2-5,7,9,11,16,22H,6,8H2,1H3,(H2,21,23);1H/t11-,16-;/m0./s1. The largest absolute Gasteiger partial charge is 0.366 e. The van der Waals surface area contributed by atoms with Crippen molar-refractivity contribution in [1.82, 2.24) is 5.32 Å². The Morgan fingerprint density at radius 2 is 1.92 bits per heavy atom. The first-order valence-corrected chi connectivity index (χ1v) is 8.33. The molecule has 0 aliphatic heterocycles. The molecule has 0 radical (unpaired) electrons. The van der Waals surface area contributed by atoms with Gasteiger partial charge in [0.2, 0.25) is 5.91 Å². The van der Waals surface area contributed by atoms with E-state index in [0.29, 0.717) is 15.6 Å². The summed E-state index contributed by atoms with van der Waals surface area (Å²) in [5, 5.41) is 4.39. The monoisotopic (exact) mass is 384 g/mol. The zero-order valence-electron chi connectivity index (χ0n) is 13.2. The molecule has 1 aliphatic carbocycles. The third-order valence-electron chi connectivity index (χ3n) is 4.57. The van der Waals surface area contributed by atoms with Crippen LogP contribution in [0.1, 0.15) is 51.8 Å². The number of carbonyl (C=O) groups is 1. The van der Waals surface area contributed by atoms with Crippen molar-refractivity contribution in [1.29, 1.82) is 0 Å². The van der Waals surface area contributed by atoms with Crippen molar-refractivity contribution in [3.8, 4) is 0 Å². The Hall–Kier alpha value is -1.26. The van der Waals surface area contributed by atoms with Gasteiger partial charge in [-0.05, 0) is 54.8 Å². The second kappa shape index (κ2) is 7.75. The van der Waals surface area contributed by atoms with Gasteiger partial charge in [-0.1, -0.05) is 41.4 Å². The van der Waals surface area contributed by atoms with Crippen molar-refractivity contribution in [3.05, 3.63) is 68.7 Å². The predicted octanol–water partition coefficient (Wildman–Crippen LogP) is 4.70. The molecule has 24 heavy (non-hydrogen) atoms. The molecule has 0 unspecified atom stereocenters. The van der Waals surface area contributed by atoms with Gasteiger partial charge >= 0.3 is 0 Å². The number of hydrogen-bond acceptors (Lipinski definition) is 2. The van der Waals surface area contributed by atoms with Gasteiger partial charge in [0.15, 0.2) is 0 Å². The SMILES string of the molecule is CN[C@H]1CC[C@@H](c2ccc(Cl)c(Cl)c2)c2cccc(C(N)=O)c21.Cl. The molecule has 0 aromatic heterocycles. The van der Waals surface area contributed by atoms with E-state index in [4.69, 9.17) is 28.9 Å². The van der Waals surface area contributed by atoms with Crippen LogP contribution >= 0.6 is 35.6 Å². The van der Waals surface area contributed by atoms with Gasteiger partial charge < -0.3 is 11.1 Å². The first-order chi connectivity index (χ1) is 11.0. The molecule has 2 aromatic rings. The molecule has 128 valence electrons. The lowest BCUT2D eigenvalue weighted by Crippen LogP contribution is -2.28. The number of nitrogens with one attached hydrogen (secondary N) is 1. The fourth-order valence-electron chi connectivity index (χ4n) is 3.49. The molecule has 0 fully saturated rings. The number of amides is 1. The van der Waals surface area contributed by atoms with Crippen molar-refractivity contribution < 1.29 is 4.79 Å². The molecule has 0 saturated carbocycles. The van der Waals surface area contributed by atoms with Crippen LogP contribution in [0.4, 0.5) is 0 Å². The molecule has 6 heteroatoms. The number of primary amides is 1. The van der Waals surface area contributed by atoms with Crippen molar-refractivity contribution in [3.63, 3.8) is 0 Å². The van der Waals surface area contributed by atoms with Crippen LogP contribution in [0.25, 0.3) is 0 Å². The number of halogens is 3. The Balaban J connectivity index is 0.00000208. The minimum atomic E-state index is -0.392. The highest BCUT2D eigenvalue weighted by atomic mass is 35.5. The molecule has 1 amide bonds. The van der Waals surface area contributed by atoms with Gasteiger partial charge in [-0.2, -0.15) is 0 Å². The highest BCUT2D eigenvalue weighted by Gasteiger charge is 2.30. The number of hydrogen-bond donors (Lipinski definition) is 2. The number of fused-ring (bicyclic) bond motifs is 1. The molecule has 3 nitrogen and oxygen atoms in total. The normalized spacial score (nSPS) is 19.3. The third kappa shape index (κ3) is 3.40. The zero-order valence-corrected chi connectivity index (χ0v) is 15.5. The number of benzene rings is 2. The second-order valence-corrected chi connectivity index (χ2v) is 6.63. The lowest BCUT2D eigenvalue weighted by Gasteiger charge is -2.33. The number of carbonyl (C=O) groups excluding carboxylic acids is 1. The summed E-state index contributed by atoms with van der Waals surface area (Å²) in [6.07, 6.45) is 1.90. The van der Waals surface area contributed by atoms with Crippen molar-refractivity contribution in [2.75, 3.05) is 7.05 Å². The summed E-state index contributed by atoms with van der Waals surface area (Å²) in [7, 11) is 1.91. The van der Waals surface area contributed by atoms with Crippen LogP contribution < -0.4 is 11.1 Å². The van der Waals surface area contributed by atoms with Gasteiger partial charge in [0.25, 0.3) is 0 Å². The molecule has 3 N–H and O–H groups in total. The van der Waals surface area contributed by atoms with Crippen molar-refractivity contribution in [2.24, 2.45) is 5.73 Å². The van der Waals surface area contributed by atoms with Gasteiger partial charge in [0, 0.05) is 17.5 Å². The summed E-state index contributed by atoms with van der Waals surface area (Å²) >= 11 is 12.2. The van der Waals surface area contributed by atoms with E-state index in [1.54, 1.807) is 6.07 Å². The number of rotatable bonds is 3. The summed E-state index contributed by atoms with van der Waals surface area (Å²) in [6, 6.07) is 11.6. The van der Waals surface area contributed by atoms with Crippen LogP contribution in [0.3, 0.4) is 0 Å². The molecule has 3 rings (SSSR count). The van der Waals surface area contributed by atoms with Crippen LogP contribution in [-0.4, -0.2) is 13.0 Å². The highest BCUT2D eigenvalue weighted by molar-refractivity contribution is 6.42. The molecule has 2 atom stereocenters.